The molecule has 0 heterocycles. The molecule has 1 N–H and O–H groups in total. The maximum absolute atomic E-state index is 11.0. The highest BCUT2D eigenvalue weighted by molar-refractivity contribution is 5.91. The van der Waals surface area contributed by atoms with Crippen molar-refractivity contribution in [2.75, 3.05) is 5.32 Å². The molecule has 0 bridgehead atoms. The summed E-state index contributed by atoms with van der Waals surface area (Å²) < 4.78 is 0. The van der Waals surface area contributed by atoms with Crippen molar-refractivity contribution in [2.45, 2.75) is 20.8 Å². The number of hydrogen-bond acceptors (Lipinski definition) is 2. The molecule has 0 radical (unpaired) electrons. The number of aryl methyl sites for hydroxylation is 1. The van der Waals surface area contributed by atoms with Crippen LogP contribution < -0.4 is 5.32 Å². The van der Waals surface area contributed by atoms with Crippen molar-refractivity contribution in [3.05, 3.63) is 33.7 Å². The molecule has 1 aromatic rings. The van der Waals surface area contributed by atoms with Crippen molar-refractivity contribution < 1.29 is 4.79 Å². The van der Waals surface area contributed by atoms with E-state index in [4.69, 9.17) is 5.53 Å². The average molecular weight is 204 g/mol. The molecule has 15 heavy (non-hydrogen) atoms. The molecule has 0 saturated heterocycles. The molecule has 0 aliphatic carbocycles. The van der Waals surface area contributed by atoms with Crippen LogP contribution in [0.3, 0.4) is 0 Å². The Morgan fingerprint density at radius 1 is 1.47 bits per heavy atom. The van der Waals surface area contributed by atoms with E-state index in [0.717, 1.165) is 11.1 Å². The number of azide groups is 1. The summed E-state index contributed by atoms with van der Waals surface area (Å²) in [6.07, 6.45) is 0. The second-order valence-electron chi connectivity index (χ2n) is 3.27. The van der Waals surface area contributed by atoms with Gasteiger partial charge >= 0.3 is 0 Å². The first-order chi connectivity index (χ1) is 7.06. The summed E-state index contributed by atoms with van der Waals surface area (Å²) in [5.41, 5.74) is 11.3. The molecule has 1 rings (SSSR count). The van der Waals surface area contributed by atoms with Crippen LogP contribution in [0.25, 0.3) is 10.4 Å². The van der Waals surface area contributed by atoms with E-state index in [1.165, 1.54) is 6.92 Å². The van der Waals surface area contributed by atoms with Gasteiger partial charge in [-0.15, -0.1) is 0 Å². The number of nitrogens with one attached hydrogen (secondary N) is 1. The van der Waals surface area contributed by atoms with Gasteiger partial charge in [-0.05, 0) is 30.5 Å². The zero-order valence-corrected chi connectivity index (χ0v) is 8.90. The number of carbonyl (C=O) groups excluding carboxylic acids is 1. The molecular formula is C10H12N4O. The fourth-order valence-electron chi connectivity index (χ4n) is 1.36. The minimum Gasteiger partial charge on any atom is -0.326 e. The lowest BCUT2D eigenvalue weighted by Gasteiger charge is -2.11. The number of anilines is 1. The quantitative estimate of drug-likeness (QED) is 0.448. The van der Waals surface area contributed by atoms with Crippen molar-refractivity contribution in [1.82, 2.24) is 0 Å². The Morgan fingerprint density at radius 2 is 2.13 bits per heavy atom. The molecular weight excluding hydrogens is 192 g/mol. The van der Waals surface area contributed by atoms with E-state index in [1.54, 1.807) is 6.07 Å². The number of amides is 1. The smallest absolute Gasteiger partial charge is 0.221 e. The van der Waals surface area contributed by atoms with Gasteiger partial charge in [0.05, 0.1) is 0 Å². The molecule has 0 unspecified atom stereocenters. The summed E-state index contributed by atoms with van der Waals surface area (Å²) in [6, 6.07) is 3.54. The average Bonchev–Trinajstić information content (AvgIpc) is 2.17. The molecule has 0 saturated carbocycles. The van der Waals surface area contributed by atoms with E-state index in [1.807, 2.05) is 19.9 Å². The molecule has 0 atom stereocenters. The zero-order valence-electron chi connectivity index (χ0n) is 8.90. The number of hydrogen-bond donors (Lipinski definition) is 1. The number of nitrogens with zero attached hydrogens (tertiary/aromatic N) is 3. The van der Waals surface area contributed by atoms with Gasteiger partial charge in [0.15, 0.2) is 0 Å². The van der Waals surface area contributed by atoms with Crippen molar-refractivity contribution in [1.29, 1.82) is 0 Å². The molecule has 1 amide bonds. The van der Waals surface area contributed by atoms with E-state index in [0.29, 0.717) is 11.4 Å². The Labute approximate surface area is 87.7 Å². The Bertz CT molecular complexity index is 447. The highest BCUT2D eigenvalue weighted by Crippen LogP contribution is 2.29. The fourth-order valence-corrected chi connectivity index (χ4v) is 1.36. The molecule has 0 spiro atoms. The van der Waals surface area contributed by atoms with Crippen LogP contribution in [-0.2, 0) is 4.79 Å². The van der Waals surface area contributed by atoms with Crippen LogP contribution >= 0.6 is 0 Å². The maximum atomic E-state index is 11.0. The third-order valence-electron chi connectivity index (χ3n) is 2.10. The van der Waals surface area contributed by atoms with Crippen LogP contribution in [0.4, 0.5) is 11.4 Å². The molecule has 0 aliphatic rings. The second-order valence-corrected chi connectivity index (χ2v) is 3.27. The van der Waals surface area contributed by atoms with Crippen LogP contribution in [0.2, 0.25) is 0 Å². The predicted molar refractivity (Wildman–Crippen MR) is 59.0 cm³/mol. The van der Waals surface area contributed by atoms with Crippen molar-refractivity contribution in [3.63, 3.8) is 0 Å². The Hall–Kier alpha value is -2.00. The zero-order chi connectivity index (χ0) is 11.4. The molecule has 1 aromatic carbocycles. The van der Waals surface area contributed by atoms with E-state index in [2.05, 4.69) is 15.3 Å². The Balaban J connectivity index is 3.29. The Kier molecular flexibility index (Phi) is 3.31. The lowest BCUT2D eigenvalue weighted by molar-refractivity contribution is -0.114. The predicted octanol–water partition coefficient (Wildman–Crippen LogP) is 3.20. The van der Waals surface area contributed by atoms with Gasteiger partial charge in [-0.1, -0.05) is 17.2 Å². The fraction of sp³-hybridized carbons (Fsp3) is 0.300. The Morgan fingerprint density at radius 3 is 2.67 bits per heavy atom. The topological polar surface area (TPSA) is 77.9 Å². The van der Waals surface area contributed by atoms with Gasteiger partial charge in [0.2, 0.25) is 5.91 Å². The molecule has 0 fully saturated rings. The van der Waals surface area contributed by atoms with E-state index in [-0.39, 0.29) is 5.91 Å². The summed E-state index contributed by atoms with van der Waals surface area (Å²) in [5, 5.41) is 6.26. The third kappa shape index (κ3) is 2.48. The van der Waals surface area contributed by atoms with Gasteiger partial charge in [0.1, 0.15) is 0 Å². The molecule has 5 nitrogen and oxygen atoms in total. The first kappa shape index (κ1) is 11.1. The molecule has 0 aliphatic heterocycles. The molecule has 0 aromatic heterocycles. The normalized spacial score (nSPS) is 9.27. The number of rotatable bonds is 2. The summed E-state index contributed by atoms with van der Waals surface area (Å²) in [4.78, 5) is 13.7. The van der Waals surface area contributed by atoms with Crippen molar-refractivity contribution in [3.8, 4) is 0 Å². The van der Waals surface area contributed by atoms with Crippen LogP contribution in [-0.4, -0.2) is 5.91 Å². The van der Waals surface area contributed by atoms with Crippen LogP contribution in [0.1, 0.15) is 18.1 Å². The van der Waals surface area contributed by atoms with Gasteiger partial charge in [0, 0.05) is 23.2 Å². The number of carbonyl (C=O) groups is 1. The highest BCUT2D eigenvalue weighted by atomic mass is 16.1. The second kappa shape index (κ2) is 4.48. The summed E-state index contributed by atoms with van der Waals surface area (Å²) in [7, 11) is 0. The molecule has 5 heteroatoms. The summed E-state index contributed by atoms with van der Waals surface area (Å²) >= 11 is 0. The minimum atomic E-state index is -0.140. The lowest BCUT2D eigenvalue weighted by Crippen LogP contribution is -2.08. The molecule has 78 valence electrons. The van der Waals surface area contributed by atoms with E-state index < -0.39 is 0 Å². The van der Waals surface area contributed by atoms with Gasteiger partial charge in [-0.25, -0.2) is 0 Å². The number of benzene rings is 1. The third-order valence-corrected chi connectivity index (χ3v) is 2.10. The van der Waals surface area contributed by atoms with Crippen LogP contribution in [0, 0.1) is 13.8 Å². The SMILES string of the molecule is CC(=O)Nc1c(C)ccc(N=[N+]=[N-])c1C. The maximum Gasteiger partial charge on any atom is 0.221 e. The first-order valence-electron chi connectivity index (χ1n) is 4.49. The summed E-state index contributed by atoms with van der Waals surface area (Å²) in [5.74, 6) is -0.140. The first-order valence-corrected chi connectivity index (χ1v) is 4.49. The van der Waals surface area contributed by atoms with Crippen molar-refractivity contribution >= 4 is 17.3 Å². The largest absolute Gasteiger partial charge is 0.326 e. The lowest BCUT2D eigenvalue weighted by atomic mass is 10.1. The standard InChI is InChI=1S/C10H12N4O/c1-6-4-5-9(13-14-11)7(2)10(6)12-8(3)15/h4-5H,1-3H3,(H,12,15). The monoisotopic (exact) mass is 204 g/mol. The van der Waals surface area contributed by atoms with Gasteiger partial charge < -0.3 is 5.32 Å². The van der Waals surface area contributed by atoms with Gasteiger partial charge in [-0.2, -0.15) is 0 Å². The van der Waals surface area contributed by atoms with E-state index in [9.17, 15) is 4.79 Å². The van der Waals surface area contributed by atoms with Gasteiger partial charge in [0.25, 0.3) is 0 Å². The van der Waals surface area contributed by atoms with E-state index >= 15 is 0 Å². The minimum absolute atomic E-state index is 0.140. The van der Waals surface area contributed by atoms with Crippen LogP contribution in [0.5, 0.6) is 0 Å². The highest BCUT2D eigenvalue weighted by Gasteiger charge is 2.07. The van der Waals surface area contributed by atoms with Crippen molar-refractivity contribution in [2.24, 2.45) is 5.11 Å². The summed E-state index contributed by atoms with van der Waals surface area (Å²) in [6.45, 7) is 5.14. The van der Waals surface area contributed by atoms with Crippen LogP contribution in [0.15, 0.2) is 17.2 Å². The van der Waals surface area contributed by atoms with Gasteiger partial charge in [-0.3, -0.25) is 4.79 Å².